The Bertz CT molecular complexity index is 1170. The summed E-state index contributed by atoms with van der Waals surface area (Å²) in [5, 5.41) is 8.58. The lowest BCUT2D eigenvalue weighted by Crippen LogP contribution is -2.43. The van der Waals surface area contributed by atoms with Crippen molar-refractivity contribution in [2.45, 2.75) is 37.5 Å². The van der Waals surface area contributed by atoms with E-state index in [1.54, 1.807) is 19.1 Å². The van der Waals surface area contributed by atoms with Gasteiger partial charge in [-0.05, 0) is 49.1 Å². The summed E-state index contributed by atoms with van der Waals surface area (Å²) in [6.45, 7) is 2.97. The van der Waals surface area contributed by atoms with Crippen molar-refractivity contribution < 1.29 is 17.7 Å². The quantitative estimate of drug-likeness (QED) is 0.564. The molecule has 3 aromatic rings. The molecule has 1 aliphatic heterocycles. The number of sulfonamides is 1. The molecule has 1 saturated heterocycles. The van der Waals surface area contributed by atoms with E-state index in [2.05, 4.69) is 15.5 Å². The lowest BCUT2D eigenvalue weighted by atomic mass is 9.97. The van der Waals surface area contributed by atoms with Crippen molar-refractivity contribution in [1.29, 1.82) is 0 Å². The number of carbonyl (C=O) groups excluding carboxylic acids is 1. The van der Waals surface area contributed by atoms with E-state index in [0.717, 1.165) is 10.8 Å². The molecule has 0 unspecified atom stereocenters. The second kappa shape index (κ2) is 9.15. The zero-order valence-corrected chi connectivity index (χ0v) is 18.3. The van der Waals surface area contributed by atoms with Gasteiger partial charge in [0.2, 0.25) is 21.8 Å². The van der Waals surface area contributed by atoms with Crippen LogP contribution in [0, 0.1) is 12.8 Å². The molecule has 0 saturated carbocycles. The largest absolute Gasteiger partial charge is 0.356 e. The molecule has 0 atom stereocenters. The zero-order valence-electron chi connectivity index (χ0n) is 17.5. The summed E-state index contributed by atoms with van der Waals surface area (Å²) in [6, 6.07) is 12.9. The fourth-order valence-electron chi connectivity index (χ4n) is 3.87. The number of aryl methyl sites for hydroxylation is 2. The van der Waals surface area contributed by atoms with Gasteiger partial charge in [0.15, 0.2) is 5.82 Å². The first kappa shape index (κ1) is 21.5. The van der Waals surface area contributed by atoms with Crippen LogP contribution in [0.4, 0.5) is 0 Å². The highest BCUT2D eigenvalue weighted by Gasteiger charge is 2.32. The molecule has 31 heavy (non-hydrogen) atoms. The van der Waals surface area contributed by atoms with Crippen molar-refractivity contribution in [3.05, 3.63) is 54.2 Å². The third-order valence-corrected chi connectivity index (χ3v) is 7.51. The molecule has 164 valence electrons. The number of fused-ring (bicyclic) bond motifs is 1. The Kier molecular flexibility index (Phi) is 6.33. The van der Waals surface area contributed by atoms with Crippen molar-refractivity contribution in [3.8, 4) is 0 Å². The highest BCUT2D eigenvalue weighted by Crippen LogP contribution is 2.26. The van der Waals surface area contributed by atoms with E-state index >= 15 is 0 Å². The van der Waals surface area contributed by atoms with Crippen molar-refractivity contribution in [2.75, 3.05) is 19.6 Å². The summed E-state index contributed by atoms with van der Waals surface area (Å²) in [4.78, 5) is 16.9. The van der Waals surface area contributed by atoms with Crippen molar-refractivity contribution >= 4 is 26.7 Å². The molecule has 1 aliphatic rings. The Balaban J connectivity index is 1.28. The van der Waals surface area contributed by atoms with Gasteiger partial charge in [0.25, 0.3) is 0 Å². The van der Waals surface area contributed by atoms with Gasteiger partial charge < -0.3 is 9.84 Å². The molecular formula is C22H26N4O4S. The van der Waals surface area contributed by atoms with Gasteiger partial charge in [-0.15, -0.1) is 0 Å². The number of hydrogen-bond acceptors (Lipinski definition) is 6. The standard InChI is InChI=1S/C22H26N4O4S/c1-16-24-21(30-25-16)7-4-12-23-22(27)18-10-13-26(14-11-18)31(28,29)20-9-8-17-5-2-3-6-19(17)15-20/h2-3,5-6,8-9,15,18H,4,7,10-14H2,1H3,(H,23,27). The van der Waals surface area contributed by atoms with Gasteiger partial charge in [0.1, 0.15) is 0 Å². The van der Waals surface area contributed by atoms with Gasteiger partial charge in [-0.25, -0.2) is 8.42 Å². The number of aromatic nitrogens is 2. The van der Waals surface area contributed by atoms with E-state index in [-0.39, 0.29) is 11.8 Å². The highest BCUT2D eigenvalue weighted by molar-refractivity contribution is 7.89. The van der Waals surface area contributed by atoms with Gasteiger partial charge in [-0.3, -0.25) is 4.79 Å². The van der Waals surface area contributed by atoms with Crippen molar-refractivity contribution in [3.63, 3.8) is 0 Å². The number of carbonyl (C=O) groups is 1. The molecule has 8 nitrogen and oxygen atoms in total. The first-order valence-corrected chi connectivity index (χ1v) is 11.9. The van der Waals surface area contributed by atoms with Crippen LogP contribution in [0.15, 0.2) is 51.9 Å². The minimum atomic E-state index is -3.57. The third-order valence-electron chi connectivity index (χ3n) is 5.62. The predicted molar refractivity (Wildman–Crippen MR) is 116 cm³/mol. The minimum Gasteiger partial charge on any atom is -0.356 e. The summed E-state index contributed by atoms with van der Waals surface area (Å²) in [6.07, 6.45) is 2.36. The lowest BCUT2D eigenvalue weighted by Gasteiger charge is -2.30. The summed E-state index contributed by atoms with van der Waals surface area (Å²) in [5.74, 6) is 0.974. The zero-order chi connectivity index (χ0) is 21.8. The molecule has 0 aliphatic carbocycles. The van der Waals surface area contributed by atoms with Gasteiger partial charge >= 0.3 is 0 Å². The Hall–Kier alpha value is -2.78. The number of rotatable bonds is 7. The topological polar surface area (TPSA) is 105 Å². The molecule has 0 bridgehead atoms. The van der Waals surface area contributed by atoms with Crippen LogP contribution in [0.1, 0.15) is 31.0 Å². The maximum Gasteiger partial charge on any atom is 0.243 e. The maximum absolute atomic E-state index is 13.1. The molecule has 1 N–H and O–H groups in total. The first-order chi connectivity index (χ1) is 14.9. The number of nitrogens with one attached hydrogen (secondary N) is 1. The van der Waals surface area contributed by atoms with Crippen LogP contribution >= 0.6 is 0 Å². The number of hydrogen-bond donors (Lipinski definition) is 1. The SMILES string of the molecule is Cc1noc(CCCNC(=O)C2CCN(S(=O)(=O)c3ccc4ccccc4c3)CC2)n1. The van der Waals surface area contributed by atoms with Gasteiger partial charge in [0, 0.05) is 32.0 Å². The van der Waals surface area contributed by atoms with E-state index in [9.17, 15) is 13.2 Å². The molecular weight excluding hydrogens is 416 g/mol. The number of piperidine rings is 1. The second-order valence-corrected chi connectivity index (χ2v) is 9.76. The summed E-state index contributed by atoms with van der Waals surface area (Å²) >= 11 is 0. The molecule has 4 rings (SSSR count). The minimum absolute atomic E-state index is 0.0236. The van der Waals surface area contributed by atoms with E-state index in [4.69, 9.17) is 4.52 Å². The average molecular weight is 443 g/mol. The number of nitrogens with zero attached hydrogens (tertiary/aromatic N) is 3. The van der Waals surface area contributed by atoms with Crippen LogP contribution in [0.2, 0.25) is 0 Å². The molecule has 2 aromatic carbocycles. The molecule has 0 spiro atoms. The van der Waals surface area contributed by atoms with Crippen LogP contribution in [0.3, 0.4) is 0 Å². The smallest absolute Gasteiger partial charge is 0.243 e. The van der Waals surface area contributed by atoms with Crippen LogP contribution < -0.4 is 5.32 Å². The molecule has 1 amide bonds. The van der Waals surface area contributed by atoms with Gasteiger partial charge in [-0.1, -0.05) is 35.5 Å². The molecule has 2 heterocycles. The Morgan fingerprint density at radius 3 is 2.61 bits per heavy atom. The fourth-order valence-corrected chi connectivity index (χ4v) is 5.38. The first-order valence-electron chi connectivity index (χ1n) is 10.5. The normalized spacial score (nSPS) is 15.9. The average Bonchev–Trinajstić information content (AvgIpc) is 3.21. The summed E-state index contributed by atoms with van der Waals surface area (Å²) in [5.41, 5.74) is 0. The van der Waals surface area contributed by atoms with E-state index in [0.29, 0.717) is 61.9 Å². The Labute approximate surface area is 181 Å². The van der Waals surface area contributed by atoms with Crippen molar-refractivity contribution in [2.24, 2.45) is 5.92 Å². The summed E-state index contributed by atoms with van der Waals surface area (Å²) in [7, 11) is -3.57. The second-order valence-electron chi connectivity index (χ2n) is 7.82. The van der Waals surface area contributed by atoms with Crippen LogP contribution in [0.5, 0.6) is 0 Å². The van der Waals surface area contributed by atoms with Crippen LogP contribution in [-0.4, -0.2) is 48.4 Å². The maximum atomic E-state index is 13.1. The summed E-state index contributed by atoms with van der Waals surface area (Å²) < 4.78 is 32.7. The van der Waals surface area contributed by atoms with Crippen LogP contribution in [-0.2, 0) is 21.2 Å². The monoisotopic (exact) mass is 442 g/mol. The number of amides is 1. The third kappa shape index (κ3) is 4.94. The van der Waals surface area contributed by atoms with Gasteiger partial charge in [0.05, 0.1) is 4.90 Å². The van der Waals surface area contributed by atoms with E-state index < -0.39 is 10.0 Å². The van der Waals surface area contributed by atoms with Crippen LogP contribution in [0.25, 0.3) is 10.8 Å². The highest BCUT2D eigenvalue weighted by atomic mass is 32.2. The fraction of sp³-hybridized carbons (Fsp3) is 0.409. The van der Waals surface area contributed by atoms with E-state index in [1.807, 2.05) is 30.3 Å². The van der Waals surface area contributed by atoms with Gasteiger partial charge in [-0.2, -0.15) is 9.29 Å². The predicted octanol–water partition coefficient (Wildman–Crippen LogP) is 2.68. The molecule has 0 radical (unpaired) electrons. The Morgan fingerprint density at radius 1 is 1.16 bits per heavy atom. The number of benzene rings is 2. The van der Waals surface area contributed by atoms with E-state index in [1.165, 1.54) is 4.31 Å². The molecule has 9 heteroatoms. The van der Waals surface area contributed by atoms with Crippen molar-refractivity contribution in [1.82, 2.24) is 19.8 Å². The Morgan fingerprint density at radius 2 is 1.90 bits per heavy atom. The molecule has 1 aromatic heterocycles. The molecule has 1 fully saturated rings. The lowest BCUT2D eigenvalue weighted by molar-refractivity contribution is -0.126.